The van der Waals surface area contributed by atoms with Crippen LogP contribution in [0.5, 0.6) is 0 Å². The third-order valence-corrected chi connectivity index (χ3v) is 4.69. The quantitative estimate of drug-likeness (QED) is 0.626. The Hall–Kier alpha value is -3.62. The molecule has 0 radical (unpaired) electrons. The molecule has 0 spiro atoms. The zero-order valence-electron chi connectivity index (χ0n) is 16.5. The molecule has 3 rings (SSSR count). The Balaban J connectivity index is 1.86. The van der Waals surface area contributed by atoms with Crippen LogP contribution in [0.2, 0.25) is 0 Å². The van der Waals surface area contributed by atoms with Crippen molar-refractivity contribution in [1.82, 2.24) is 19.3 Å². The Morgan fingerprint density at radius 2 is 1.97 bits per heavy atom. The molecule has 152 valence electrons. The molecule has 0 unspecified atom stereocenters. The predicted octanol–water partition coefficient (Wildman–Crippen LogP) is 1.44. The third kappa shape index (κ3) is 4.29. The van der Waals surface area contributed by atoms with Gasteiger partial charge >= 0.3 is 5.69 Å². The lowest BCUT2D eigenvalue weighted by molar-refractivity contribution is 0.0992. The van der Waals surface area contributed by atoms with E-state index in [-0.39, 0.29) is 11.5 Å². The van der Waals surface area contributed by atoms with Crippen LogP contribution in [0.1, 0.15) is 35.7 Å². The molecule has 3 aromatic rings. The molecule has 1 aromatic carbocycles. The van der Waals surface area contributed by atoms with Crippen LogP contribution in [0.25, 0.3) is 0 Å². The summed E-state index contributed by atoms with van der Waals surface area (Å²) in [6.07, 6.45) is 5.15. The number of nitrogen functional groups attached to an aromatic ring is 1. The standard InChI is InChI=1S/C20H24N6O3/c1-3-4-12-26-17(21)16(18(27)23-20(26)29)24(2)19(28)15-8-6-14(7-9-15)13-25-11-5-10-22-25/h5-11H,3-4,12-13,21H2,1-2H3,(H,23,27,29). The lowest BCUT2D eigenvalue weighted by Crippen LogP contribution is -2.39. The highest BCUT2D eigenvalue weighted by Gasteiger charge is 2.22. The van der Waals surface area contributed by atoms with E-state index in [1.807, 2.05) is 31.3 Å². The van der Waals surface area contributed by atoms with Crippen LogP contribution in [0.15, 0.2) is 52.3 Å². The van der Waals surface area contributed by atoms with Crippen LogP contribution >= 0.6 is 0 Å². The number of carbonyl (C=O) groups is 1. The number of unbranched alkanes of at least 4 members (excludes halogenated alkanes) is 1. The van der Waals surface area contributed by atoms with Gasteiger partial charge in [-0.3, -0.25) is 23.8 Å². The number of nitrogens with two attached hydrogens (primary N) is 1. The van der Waals surface area contributed by atoms with E-state index in [9.17, 15) is 14.4 Å². The number of benzene rings is 1. The Bertz CT molecular complexity index is 1100. The molecular weight excluding hydrogens is 372 g/mol. The van der Waals surface area contributed by atoms with E-state index in [0.717, 1.165) is 18.4 Å². The molecule has 0 bridgehead atoms. The van der Waals surface area contributed by atoms with Crippen molar-refractivity contribution < 1.29 is 4.79 Å². The van der Waals surface area contributed by atoms with Gasteiger partial charge in [0.15, 0.2) is 5.69 Å². The molecule has 0 atom stereocenters. The van der Waals surface area contributed by atoms with Crippen molar-refractivity contribution in [3.63, 3.8) is 0 Å². The van der Waals surface area contributed by atoms with Gasteiger partial charge in [-0.25, -0.2) is 4.79 Å². The topological polar surface area (TPSA) is 119 Å². The van der Waals surface area contributed by atoms with Crippen LogP contribution in [0.4, 0.5) is 11.5 Å². The summed E-state index contributed by atoms with van der Waals surface area (Å²) in [7, 11) is 1.47. The van der Waals surface area contributed by atoms with Crippen molar-refractivity contribution in [2.75, 3.05) is 17.7 Å². The summed E-state index contributed by atoms with van der Waals surface area (Å²) in [5, 5.41) is 4.15. The second kappa shape index (κ2) is 8.59. The molecule has 0 saturated carbocycles. The molecule has 9 nitrogen and oxygen atoms in total. The zero-order chi connectivity index (χ0) is 21.0. The molecule has 3 N–H and O–H groups in total. The fourth-order valence-corrected chi connectivity index (χ4v) is 3.07. The van der Waals surface area contributed by atoms with Crippen LogP contribution in [0, 0.1) is 0 Å². The lowest BCUT2D eigenvalue weighted by Gasteiger charge is -2.20. The summed E-state index contributed by atoms with van der Waals surface area (Å²) < 4.78 is 3.07. The van der Waals surface area contributed by atoms with E-state index in [0.29, 0.717) is 18.7 Å². The van der Waals surface area contributed by atoms with Gasteiger partial charge in [-0.05, 0) is 30.2 Å². The maximum absolute atomic E-state index is 12.9. The third-order valence-electron chi connectivity index (χ3n) is 4.69. The van der Waals surface area contributed by atoms with Gasteiger partial charge in [0.05, 0.1) is 6.54 Å². The Labute approximate surface area is 167 Å². The Kier molecular flexibility index (Phi) is 5.96. The predicted molar refractivity (Wildman–Crippen MR) is 111 cm³/mol. The average molecular weight is 396 g/mol. The first-order valence-corrected chi connectivity index (χ1v) is 9.39. The van der Waals surface area contributed by atoms with Crippen molar-refractivity contribution in [2.24, 2.45) is 0 Å². The van der Waals surface area contributed by atoms with E-state index in [4.69, 9.17) is 5.73 Å². The minimum atomic E-state index is -0.689. The minimum Gasteiger partial charge on any atom is -0.383 e. The van der Waals surface area contributed by atoms with Crippen LogP contribution in [-0.2, 0) is 13.1 Å². The monoisotopic (exact) mass is 396 g/mol. The number of rotatable bonds is 7. The average Bonchev–Trinajstić information content (AvgIpc) is 3.20. The van der Waals surface area contributed by atoms with Crippen molar-refractivity contribution >= 4 is 17.4 Å². The van der Waals surface area contributed by atoms with Gasteiger partial charge < -0.3 is 10.6 Å². The Morgan fingerprint density at radius 3 is 2.59 bits per heavy atom. The number of aromatic nitrogens is 4. The largest absolute Gasteiger partial charge is 0.383 e. The number of carbonyl (C=O) groups excluding carboxylic acids is 1. The lowest BCUT2D eigenvalue weighted by atomic mass is 10.1. The number of anilines is 2. The van der Waals surface area contributed by atoms with E-state index in [2.05, 4.69) is 10.1 Å². The molecule has 2 aromatic heterocycles. The fraction of sp³-hybridized carbons (Fsp3) is 0.300. The highest BCUT2D eigenvalue weighted by atomic mass is 16.2. The van der Waals surface area contributed by atoms with E-state index < -0.39 is 17.2 Å². The van der Waals surface area contributed by atoms with Gasteiger partial charge in [0.1, 0.15) is 5.82 Å². The molecule has 1 amide bonds. The van der Waals surface area contributed by atoms with E-state index >= 15 is 0 Å². The van der Waals surface area contributed by atoms with Crippen molar-refractivity contribution in [3.05, 3.63) is 74.7 Å². The summed E-state index contributed by atoms with van der Waals surface area (Å²) in [5.41, 5.74) is 6.17. The maximum atomic E-state index is 12.9. The van der Waals surface area contributed by atoms with Crippen LogP contribution in [0.3, 0.4) is 0 Å². The maximum Gasteiger partial charge on any atom is 0.330 e. The van der Waals surface area contributed by atoms with E-state index in [1.54, 1.807) is 23.0 Å². The summed E-state index contributed by atoms with van der Waals surface area (Å²) in [5.74, 6) is -0.410. The number of nitrogens with one attached hydrogen (secondary N) is 1. The second-order valence-corrected chi connectivity index (χ2v) is 6.76. The molecule has 0 aliphatic heterocycles. The number of aromatic amines is 1. The van der Waals surface area contributed by atoms with Crippen LogP contribution in [-0.4, -0.2) is 32.3 Å². The fourth-order valence-electron chi connectivity index (χ4n) is 3.07. The van der Waals surface area contributed by atoms with Gasteiger partial charge in [0, 0.05) is 31.5 Å². The molecular formula is C20H24N6O3. The number of nitrogens with zero attached hydrogens (tertiary/aromatic N) is 4. The van der Waals surface area contributed by atoms with Gasteiger partial charge in [0.25, 0.3) is 11.5 Å². The minimum absolute atomic E-state index is 0.0154. The molecule has 0 saturated heterocycles. The summed E-state index contributed by atoms with van der Waals surface area (Å²) in [4.78, 5) is 40.7. The SMILES string of the molecule is CCCCn1c(N)c(N(C)C(=O)c2ccc(Cn3cccn3)cc2)c(=O)[nH]c1=O. The normalized spacial score (nSPS) is 10.8. The molecule has 9 heteroatoms. The highest BCUT2D eigenvalue weighted by molar-refractivity contribution is 6.06. The second-order valence-electron chi connectivity index (χ2n) is 6.76. The first kappa shape index (κ1) is 20.1. The van der Waals surface area contributed by atoms with Crippen molar-refractivity contribution in [1.29, 1.82) is 0 Å². The van der Waals surface area contributed by atoms with Gasteiger partial charge in [0.2, 0.25) is 0 Å². The summed E-state index contributed by atoms with van der Waals surface area (Å²) in [6, 6.07) is 8.88. The first-order valence-electron chi connectivity index (χ1n) is 9.39. The van der Waals surface area contributed by atoms with Gasteiger partial charge in [-0.15, -0.1) is 0 Å². The van der Waals surface area contributed by atoms with Crippen molar-refractivity contribution in [2.45, 2.75) is 32.9 Å². The number of hydrogen-bond donors (Lipinski definition) is 2. The molecule has 29 heavy (non-hydrogen) atoms. The number of hydrogen-bond acceptors (Lipinski definition) is 5. The molecule has 2 heterocycles. The Morgan fingerprint density at radius 1 is 1.24 bits per heavy atom. The van der Waals surface area contributed by atoms with Crippen LogP contribution < -0.4 is 21.9 Å². The highest BCUT2D eigenvalue weighted by Crippen LogP contribution is 2.18. The molecule has 0 aliphatic rings. The number of H-pyrrole nitrogens is 1. The molecule has 0 fully saturated rings. The smallest absolute Gasteiger partial charge is 0.330 e. The molecule has 0 aliphatic carbocycles. The van der Waals surface area contributed by atoms with E-state index in [1.165, 1.54) is 16.5 Å². The van der Waals surface area contributed by atoms with Crippen molar-refractivity contribution in [3.8, 4) is 0 Å². The van der Waals surface area contributed by atoms with Gasteiger partial charge in [-0.2, -0.15) is 5.10 Å². The summed E-state index contributed by atoms with van der Waals surface area (Å²) >= 11 is 0. The summed E-state index contributed by atoms with van der Waals surface area (Å²) in [6.45, 7) is 2.95. The zero-order valence-corrected chi connectivity index (χ0v) is 16.5. The van der Waals surface area contributed by atoms with Gasteiger partial charge in [-0.1, -0.05) is 25.5 Å². The first-order chi connectivity index (χ1) is 13.9. The number of amides is 1.